The monoisotopic (exact) mass is 565 g/mol. The third kappa shape index (κ3) is 6.68. The first kappa shape index (κ1) is 28.6. The second kappa shape index (κ2) is 12.7. The number of alkyl carbamates (subject to hydrolysis) is 1. The van der Waals surface area contributed by atoms with Crippen LogP contribution in [-0.4, -0.2) is 90.9 Å². The summed E-state index contributed by atoms with van der Waals surface area (Å²) in [6.07, 6.45) is -0.0750. The van der Waals surface area contributed by atoms with Crippen LogP contribution in [0.15, 0.2) is 42.5 Å². The molecule has 2 aromatic rings. The fourth-order valence-corrected chi connectivity index (χ4v) is 5.69. The Hall–Kier alpha value is -3.96. The summed E-state index contributed by atoms with van der Waals surface area (Å²) in [5, 5.41) is 15.5. The molecule has 0 radical (unpaired) electrons. The number of Topliss-reactive ketones (excluding diaryl/α,β-unsaturated/α-hetero) is 1. The van der Waals surface area contributed by atoms with Crippen molar-refractivity contribution in [3.05, 3.63) is 64.7 Å². The van der Waals surface area contributed by atoms with Gasteiger partial charge in [-0.2, -0.15) is 0 Å². The molecule has 3 amide bonds. The van der Waals surface area contributed by atoms with E-state index in [0.29, 0.717) is 31.6 Å². The van der Waals surface area contributed by atoms with Gasteiger partial charge < -0.3 is 34.9 Å². The molecule has 0 saturated carbocycles. The number of fused-ring (bicyclic) bond motifs is 3. The Balaban J connectivity index is 1.13. The molecular formula is C30H35N3O8. The van der Waals surface area contributed by atoms with Gasteiger partial charge in [-0.15, -0.1) is 0 Å². The molecule has 2 heterocycles. The van der Waals surface area contributed by atoms with Crippen LogP contribution < -0.4 is 15.4 Å². The Morgan fingerprint density at radius 2 is 1.66 bits per heavy atom. The number of ether oxygens (including phenoxy) is 3. The van der Waals surface area contributed by atoms with E-state index in [1.807, 2.05) is 24.3 Å². The number of hydrogen-bond donors (Lipinski definition) is 3. The van der Waals surface area contributed by atoms with Crippen LogP contribution in [0, 0.1) is 0 Å². The summed E-state index contributed by atoms with van der Waals surface area (Å²) in [5.74, 6) is -0.368. The van der Waals surface area contributed by atoms with Crippen molar-refractivity contribution >= 4 is 23.7 Å². The third-order valence-corrected chi connectivity index (χ3v) is 7.61. The van der Waals surface area contributed by atoms with E-state index in [9.17, 15) is 24.3 Å². The molecule has 3 atom stereocenters. The number of morpholine rings is 1. The molecule has 2 aliphatic heterocycles. The summed E-state index contributed by atoms with van der Waals surface area (Å²) >= 11 is 0. The van der Waals surface area contributed by atoms with Crippen LogP contribution in [-0.2, 0) is 27.1 Å². The number of aliphatic hydroxyl groups excluding tert-OH is 1. The van der Waals surface area contributed by atoms with Gasteiger partial charge in [0, 0.05) is 44.3 Å². The van der Waals surface area contributed by atoms with Gasteiger partial charge in [0.05, 0.1) is 43.6 Å². The number of nitrogens with zero attached hydrogens (tertiary/aromatic N) is 1. The van der Waals surface area contributed by atoms with Crippen LogP contribution >= 0.6 is 0 Å². The molecule has 2 unspecified atom stereocenters. The molecule has 41 heavy (non-hydrogen) atoms. The van der Waals surface area contributed by atoms with E-state index in [1.54, 1.807) is 17.9 Å². The molecule has 218 valence electrons. The number of nitrogens with one attached hydrogen (secondary N) is 2. The van der Waals surface area contributed by atoms with Crippen molar-refractivity contribution in [3.63, 3.8) is 0 Å². The highest BCUT2D eigenvalue weighted by atomic mass is 16.6. The lowest BCUT2D eigenvalue weighted by atomic mass is 9.92. The lowest BCUT2D eigenvalue weighted by Gasteiger charge is -2.45. The molecule has 2 bridgehead atoms. The van der Waals surface area contributed by atoms with Crippen LogP contribution in [0.1, 0.15) is 51.6 Å². The van der Waals surface area contributed by atoms with Gasteiger partial charge in [0.25, 0.3) is 11.8 Å². The fourth-order valence-electron chi connectivity index (χ4n) is 5.69. The maximum atomic E-state index is 13.4. The molecule has 11 heteroatoms. The molecule has 0 spiro atoms. The molecule has 2 aromatic carbocycles. The molecule has 0 aromatic heterocycles. The average molecular weight is 566 g/mol. The lowest BCUT2D eigenvalue weighted by molar-refractivity contribution is -0.131. The van der Waals surface area contributed by atoms with Gasteiger partial charge in [0.2, 0.25) is 0 Å². The molecule has 5 rings (SSSR count). The normalized spacial score (nSPS) is 20.6. The minimum atomic E-state index is -1.05. The number of carbonyl (C=O) groups is 4. The fraction of sp³-hybridized carbons (Fsp3) is 0.467. The van der Waals surface area contributed by atoms with Gasteiger partial charge in [0.15, 0.2) is 0 Å². The van der Waals surface area contributed by atoms with Crippen molar-refractivity contribution in [3.8, 4) is 5.75 Å². The number of ketones is 1. The average Bonchev–Trinajstić information content (AvgIpc) is 3.36. The van der Waals surface area contributed by atoms with Crippen LogP contribution in [0.2, 0.25) is 0 Å². The Morgan fingerprint density at radius 3 is 2.32 bits per heavy atom. The van der Waals surface area contributed by atoms with Crippen LogP contribution in [0.3, 0.4) is 0 Å². The molecule has 3 aliphatic rings. The molecule has 3 N–H and O–H groups in total. The highest BCUT2D eigenvalue weighted by Gasteiger charge is 2.41. The summed E-state index contributed by atoms with van der Waals surface area (Å²) in [6.45, 7) is 2.45. The number of amides is 3. The maximum absolute atomic E-state index is 13.4. The highest BCUT2D eigenvalue weighted by molar-refractivity contribution is 6.01. The van der Waals surface area contributed by atoms with E-state index < -0.39 is 18.1 Å². The van der Waals surface area contributed by atoms with Gasteiger partial charge in [0.1, 0.15) is 17.6 Å². The van der Waals surface area contributed by atoms with Crippen molar-refractivity contribution in [2.24, 2.45) is 0 Å². The molecule has 11 nitrogen and oxygen atoms in total. The quantitative estimate of drug-likeness (QED) is 0.417. The SMILES string of the molecule is CCOc1cc(C(=O)N2C3COCC2CC(=O)C3)ccc1C(=O)NC[C@@H](O)CNC(=O)OC1Cc2ccccc2C1. The van der Waals surface area contributed by atoms with Gasteiger partial charge in [-0.25, -0.2) is 4.79 Å². The Labute approximate surface area is 238 Å². The first-order chi connectivity index (χ1) is 19.8. The number of aliphatic hydroxyl groups is 1. The van der Waals surface area contributed by atoms with Gasteiger partial charge in [-0.05, 0) is 36.2 Å². The Bertz CT molecular complexity index is 1270. The van der Waals surface area contributed by atoms with E-state index in [4.69, 9.17) is 14.2 Å². The van der Waals surface area contributed by atoms with Crippen molar-refractivity contribution in [2.75, 3.05) is 32.9 Å². The topological polar surface area (TPSA) is 144 Å². The summed E-state index contributed by atoms with van der Waals surface area (Å²) in [6, 6.07) is 11.9. The smallest absolute Gasteiger partial charge is 0.407 e. The highest BCUT2D eigenvalue weighted by Crippen LogP contribution is 2.29. The number of carbonyl (C=O) groups excluding carboxylic acids is 4. The van der Waals surface area contributed by atoms with E-state index in [-0.39, 0.29) is 73.7 Å². The molecule has 2 saturated heterocycles. The molecule has 2 fully saturated rings. The van der Waals surface area contributed by atoms with E-state index in [1.165, 1.54) is 12.1 Å². The van der Waals surface area contributed by atoms with Crippen molar-refractivity contribution < 1.29 is 38.5 Å². The summed E-state index contributed by atoms with van der Waals surface area (Å²) in [7, 11) is 0. The lowest BCUT2D eigenvalue weighted by Crippen LogP contribution is -2.59. The minimum Gasteiger partial charge on any atom is -0.493 e. The van der Waals surface area contributed by atoms with Crippen molar-refractivity contribution in [1.29, 1.82) is 0 Å². The van der Waals surface area contributed by atoms with Crippen LogP contribution in [0.25, 0.3) is 0 Å². The second-order valence-electron chi connectivity index (χ2n) is 10.6. The standard InChI is InChI=1S/C30H35N3O8/c1-2-40-27-11-20(29(37)33-21-12-23(34)13-22(33)17-39-16-21)7-8-26(27)28(36)31-14-24(35)15-32-30(38)41-25-9-18-5-3-4-6-19(18)10-25/h3-8,11,21-22,24-25,35H,2,9-10,12-17H2,1H3,(H,31,36)(H,32,38)/t21?,22?,24-/m1/s1. The largest absolute Gasteiger partial charge is 0.493 e. The summed E-state index contributed by atoms with van der Waals surface area (Å²) < 4.78 is 16.7. The predicted molar refractivity (Wildman–Crippen MR) is 147 cm³/mol. The van der Waals surface area contributed by atoms with E-state index in [2.05, 4.69) is 10.6 Å². The first-order valence-corrected chi connectivity index (χ1v) is 14.0. The summed E-state index contributed by atoms with van der Waals surface area (Å²) in [4.78, 5) is 52.3. The van der Waals surface area contributed by atoms with Gasteiger partial charge >= 0.3 is 6.09 Å². The number of hydrogen-bond acceptors (Lipinski definition) is 8. The number of piperidine rings is 1. The minimum absolute atomic E-state index is 0.102. The third-order valence-electron chi connectivity index (χ3n) is 7.61. The van der Waals surface area contributed by atoms with Gasteiger partial charge in [-0.1, -0.05) is 24.3 Å². The Kier molecular flexibility index (Phi) is 8.84. The number of rotatable bonds is 9. The second-order valence-corrected chi connectivity index (χ2v) is 10.6. The maximum Gasteiger partial charge on any atom is 0.407 e. The Morgan fingerprint density at radius 1 is 1.00 bits per heavy atom. The van der Waals surface area contributed by atoms with Crippen molar-refractivity contribution in [2.45, 2.75) is 56.9 Å². The van der Waals surface area contributed by atoms with E-state index in [0.717, 1.165) is 11.1 Å². The first-order valence-electron chi connectivity index (χ1n) is 14.0. The zero-order valence-corrected chi connectivity index (χ0v) is 23.0. The predicted octanol–water partition coefficient (Wildman–Crippen LogP) is 1.64. The van der Waals surface area contributed by atoms with Gasteiger partial charge in [-0.3, -0.25) is 14.4 Å². The van der Waals surface area contributed by atoms with Crippen molar-refractivity contribution in [1.82, 2.24) is 15.5 Å². The van der Waals surface area contributed by atoms with Crippen LogP contribution in [0.4, 0.5) is 4.79 Å². The zero-order chi connectivity index (χ0) is 28.9. The van der Waals surface area contributed by atoms with Crippen LogP contribution in [0.5, 0.6) is 5.75 Å². The molecule has 1 aliphatic carbocycles. The molecular weight excluding hydrogens is 530 g/mol. The number of benzene rings is 2. The zero-order valence-electron chi connectivity index (χ0n) is 23.0. The van der Waals surface area contributed by atoms with E-state index >= 15 is 0 Å². The summed E-state index contributed by atoms with van der Waals surface area (Å²) in [5.41, 5.74) is 2.89.